The van der Waals surface area contributed by atoms with Crippen molar-refractivity contribution in [2.45, 2.75) is 4.90 Å². The normalized spacial score (nSPS) is 11.7. The number of pyridine rings is 2. The monoisotopic (exact) mass is 460 g/mol. The van der Waals surface area contributed by atoms with Crippen LogP contribution in [0.5, 0.6) is 5.75 Å². The minimum Gasteiger partial charge on any atom is -0.308 e. The van der Waals surface area contributed by atoms with Crippen molar-refractivity contribution in [2.24, 2.45) is 0 Å². The SMILES string of the molecule is O=S(=O)(O)c1ccc(-c2ccnc3c2ccc2c(-c4ccc(OOO)cc4)ccnc23)cc1. The van der Waals surface area contributed by atoms with Crippen molar-refractivity contribution in [2.75, 3.05) is 0 Å². The molecule has 164 valence electrons. The summed E-state index contributed by atoms with van der Waals surface area (Å²) in [4.78, 5) is 13.6. The Balaban J connectivity index is 1.65. The Morgan fingerprint density at radius 1 is 0.667 bits per heavy atom. The lowest BCUT2D eigenvalue weighted by molar-refractivity contribution is -0.438. The molecule has 0 saturated carbocycles. The van der Waals surface area contributed by atoms with Crippen molar-refractivity contribution >= 4 is 31.9 Å². The number of aromatic nitrogens is 2. The van der Waals surface area contributed by atoms with Crippen LogP contribution in [0.1, 0.15) is 0 Å². The van der Waals surface area contributed by atoms with Crippen LogP contribution in [0.25, 0.3) is 44.1 Å². The average molecular weight is 460 g/mol. The van der Waals surface area contributed by atoms with Gasteiger partial charge < -0.3 is 4.89 Å². The highest BCUT2D eigenvalue weighted by atomic mass is 32.2. The topological polar surface area (TPSA) is 119 Å². The van der Waals surface area contributed by atoms with Crippen LogP contribution in [0.3, 0.4) is 0 Å². The molecule has 3 aromatic carbocycles. The third kappa shape index (κ3) is 3.90. The molecule has 9 heteroatoms. The number of fused-ring (bicyclic) bond motifs is 3. The molecule has 0 saturated heterocycles. The van der Waals surface area contributed by atoms with Crippen LogP contribution in [0.4, 0.5) is 0 Å². The van der Waals surface area contributed by atoms with E-state index in [0.29, 0.717) is 11.3 Å². The summed E-state index contributed by atoms with van der Waals surface area (Å²) in [6.45, 7) is 0. The number of rotatable bonds is 5. The summed E-state index contributed by atoms with van der Waals surface area (Å²) in [7, 11) is -4.26. The molecule has 0 bridgehead atoms. The predicted molar refractivity (Wildman–Crippen MR) is 122 cm³/mol. The lowest BCUT2D eigenvalue weighted by Gasteiger charge is -2.11. The molecule has 0 amide bonds. The van der Waals surface area contributed by atoms with E-state index in [4.69, 9.17) is 5.26 Å². The van der Waals surface area contributed by atoms with Gasteiger partial charge in [0.1, 0.15) is 0 Å². The highest BCUT2D eigenvalue weighted by Crippen LogP contribution is 2.35. The van der Waals surface area contributed by atoms with E-state index in [9.17, 15) is 13.0 Å². The van der Waals surface area contributed by atoms with E-state index >= 15 is 0 Å². The minimum absolute atomic E-state index is 0.164. The molecule has 33 heavy (non-hydrogen) atoms. The Morgan fingerprint density at radius 3 is 1.61 bits per heavy atom. The van der Waals surface area contributed by atoms with Gasteiger partial charge in [0, 0.05) is 23.2 Å². The van der Waals surface area contributed by atoms with Crippen molar-refractivity contribution in [1.82, 2.24) is 9.97 Å². The second kappa shape index (κ2) is 8.23. The summed E-state index contributed by atoms with van der Waals surface area (Å²) in [5, 5.41) is 13.9. The fourth-order valence-electron chi connectivity index (χ4n) is 3.87. The maximum atomic E-state index is 11.4. The van der Waals surface area contributed by atoms with Gasteiger partial charge in [0.25, 0.3) is 10.1 Å². The Labute approximate surface area is 188 Å². The summed E-state index contributed by atoms with van der Waals surface area (Å²) in [5.74, 6) is 0.358. The molecule has 5 aromatic rings. The summed E-state index contributed by atoms with van der Waals surface area (Å²) in [6, 6.07) is 20.7. The zero-order chi connectivity index (χ0) is 23.0. The Kier molecular flexibility index (Phi) is 5.23. The first-order chi connectivity index (χ1) is 16.0. The van der Waals surface area contributed by atoms with Crippen LogP contribution < -0.4 is 4.89 Å². The molecule has 0 fully saturated rings. The maximum absolute atomic E-state index is 11.4. The standard InChI is InChI=1S/C24H16N2O6S/c27-32-31-17-5-1-15(2-6-17)19-11-13-25-23-21(19)9-10-22-20(12-14-26-24(22)23)16-3-7-18(8-4-16)33(28,29)30/h1-14,27H,(H,28,29,30). The van der Waals surface area contributed by atoms with Crippen LogP contribution >= 0.6 is 0 Å². The molecule has 0 atom stereocenters. The number of hydrogen-bond donors (Lipinski definition) is 2. The van der Waals surface area contributed by atoms with Gasteiger partial charge in [-0.25, -0.2) is 5.26 Å². The van der Waals surface area contributed by atoms with Crippen molar-refractivity contribution < 1.29 is 28.2 Å². The molecular weight excluding hydrogens is 444 g/mol. The quantitative estimate of drug-likeness (QED) is 0.160. The van der Waals surface area contributed by atoms with E-state index in [1.54, 1.807) is 36.7 Å². The number of hydrogen-bond acceptors (Lipinski definition) is 7. The summed E-state index contributed by atoms with van der Waals surface area (Å²) < 4.78 is 31.9. The lowest BCUT2D eigenvalue weighted by atomic mass is 9.96. The van der Waals surface area contributed by atoms with Crippen LogP contribution in [-0.4, -0.2) is 28.2 Å². The van der Waals surface area contributed by atoms with Crippen LogP contribution in [0, 0.1) is 0 Å². The average Bonchev–Trinajstić information content (AvgIpc) is 2.83. The van der Waals surface area contributed by atoms with Gasteiger partial charge in [0.15, 0.2) is 5.75 Å². The Hall–Kier alpha value is -3.89. The summed E-state index contributed by atoms with van der Waals surface area (Å²) in [5.41, 5.74) is 4.94. The smallest absolute Gasteiger partial charge is 0.294 e. The van der Waals surface area contributed by atoms with Crippen LogP contribution in [-0.2, 0) is 15.2 Å². The molecule has 0 aliphatic rings. The van der Waals surface area contributed by atoms with Crippen molar-refractivity contribution in [3.63, 3.8) is 0 Å². The second-order valence-corrected chi connectivity index (χ2v) is 8.68. The zero-order valence-corrected chi connectivity index (χ0v) is 17.7. The van der Waals surface area contributed by atoms with Gasteiger partial charge in [-0.2, -0.15) is 8.42 Å². The van der Waals surface area contributed by atoms with E-state index in [1.165, 1.54) is 12.1 Å². The van der Waals surface area contributed by atoms with Gasteiger partial charge in [-0.1, -0.05) is 36.4 Å². The summed E-state index contributed by atoms with van der Waals surface area (Å²) in [6.07, 6.45) is 3.40. The molecule has 5 rings (SSSR count). The van der Waals surface area contributed by atoms with Gasteiger partial charge >= 0.3 is 0 Å². The van der Waals surface area contributed by atoms with Gasteiger partial charge in [-0.3, -0.25) is 14.5 Å². The molecule has 2 aromatic heterocycles. The lowest BCUT2D eigenvalue weighted by Crippen LogP contribution is -1.97. The van der Waals surface area contributed by atoms with Gasteiger partial charge in [-0.05, 0) is 63.7 Å². The first kappa shape index (κ1) is 21.0. The molecular formula is C24H16N2O6S. The number of benzene rings is 3. The molecule has 0 radical (unpaired) electrons. The highest BCUT2D eigenvalue weighted by Gasteiger charge is 2.14. The molecule has 2 N–H and O–H groups in total. The second-order valence-electron chi connectivity index (χ2n) is 7.26. The predicted octanol–water partition coefficient (Wildman–Crippen LogP) is 5.15. The molecule has 2 heterocycles. The van der Waals surface area contributed by atoms with E-state index in [-0.39, 0.29) is 4.90 Å². The van der Waals surface area contributed by atoms with Crippen molar-refractivity contribution in [1.29, 1.82) is 0 Å². The van der Waals surface area contributed by atoms with Gasteiger partial charge in [0.2, 0.25) is 0 Å². The van der Waals surface area contributed by atoms with Crippen molar-refractivity contribution in [3.05, 3.63) is 85.2 Å². The number of nitrogens with zero attached hydrogens (tertiary/aromatic N) is 2. The molecule has 0 spiro atoms. The molecule has 8 nitrogen and oxygen atoms in total. The minimum atomic E-state index is -4.26. The third-order valence-electron chi connectivity index (χ3n) is 5.38. The first-order valence-electron chi connectivity index (χ1n) is 9.78. The molecule has 0 unspecified atom stereocenters. The molecule has 0 aliphatic heterocycles. The van der Waals surface area contributed by atoms with E-state index < -0.39 is 10.1 Å². The zero-order valence-electron chi connectivity index (χ0n) is 16.9. The maximum Gasteiger partial charge on any atom is 0.294 e. The molecule has 0 aliphatic carbocycles. The van der Waals surface area contributed by atoms with E-state index in [2.05, 4.69) is 19.9 Å². The van der Waals surface area contributed by atoms with Gasteiger partial charge in [-0.15, -0.1) is 0 Å². The third-order valence-corrected chi connectivity index (χ3v) is 6.25. The van der Waals surface area contributed by atoms with Gasteiger partial charge in [0.05, 0.1) is 15.9 Å². The first-order valence-corrected chi connectivity index (χ1v) is 11.2. The van der Waals surface area contributed by atoms with E-state index in [1.807, 2.05) is 36.4 Å². The van der Waals surface area contributed by atoms with E-state index in [0.717, 1.165) is 38.5 Å². The van der Waals surface area contributed by atoms with Crippen LogP contribution in [0.15, 0.2) is 90.1 Å². The largest absolute Gasteiger partial charge is 0.308 e. The fourth-order valence-corrected chi connectivity index (χ4v) is 4.35. The summed E-state index contributed by atoms with van der Waals surface area (Å²) >= 11 is 0. The van der Waals surface area contributed by atoms with Crippen LogP contribution in [0.2, 0.25) is 0 Å². The Morgan fingerprint density at radius 2 is 1.15 bits per heavy atom. The Bertz CT molecular complexity index is 1580. The van der Waals surface area contributed by atoms with Crippen molar-refractivity contribution in [3.8, 4) is 28.0 Å². The fraction of sp³-hybridized carbons (Fsp3) is 0. The highest BCUT2D eigenvalue weighted by molar-refractivity contribution is 7.85.